The molecule has 170 valence electrons. The van der Waals surface area contributed by atoms with Crippen LogP contribution in [0.4, 0.5) is 5.82 Å². The predicted molar refractivity (Wildman–Crippen MR) is 115 cm³/mol. The molecule has 0 unspecified atom stereocenters. The molecule has 3 heterocycles. The average Bonchev–Trinajstić information content (AvgIpc) is 3.24. The lowest BCUT2D eigenvalue weighted by Gasteiger charge is -2.37. The van der Waals surface area contributed by atoms with Crippen molar-refractivity contribution in [1.82, 2.24) is 15.0 Å². The monoisotopic (exact) mass is 480 g/mol. The van der Waals surface area contributed by atoms with Gasteiger partial charge >= 0.3 is 0 Å². The van der Waals surface area contributed by atoms with E-state index in [-0.39, 0.29) is 49.1 Å². The van der Waals surface area contributed by atoms with Crippen LogP contribution in [0, 0.1) is 0 Å². The van der Waals surface area contributed by atoms with Crippen LogP contribution in [0.5, 0.6) is 0 Å². The number of nitrogens with two attached hydrogens (primary N) is 2. The highest BCUT2D eigenvalue weighted by Gasteiger charge is 2.37. The molecule has 13 nitrogen and oxygen atoms in total. The van der Waals surface area contributed by atoms with Crippen LogP contribution in [0.15, 0.2) is 55.5 Å². The first-order valence-corrected chi connectivity index (χ1v) is 12.3. The number of aliphatic hydroxyl groups is 1. The number of primary sulfonamides is 1. The molecule has 1 aromatic carbocycles. The molecular formula is C17H20N8O5S2. The summed E-state index contributed by atoms with van der Waals surface area (Å²) >= 11 is 0. The van der Waals surface area contributed by atoms with E-state index in [0.29, 0.717) is 5.56 Å². The van der Waals surface area contributed by atoms with Crippen LogP contribution in [-0.4, -0.2) is 64.7 Å². The molecule has 32 heavy (non-hydrogen) atoms. The molecule has 1 fully saturated rings. The molecule has 4 rings (SSSR count). The Morgan fingerprint density at radius 3 is 2.44 bits per heavy atom. The van der Waals surface area contributed by atoms with Crippen molar-refractivity contribution < 1.29 is 21.9 Å². The van der Waals surface area contributed by atoms with Gasteiger partial charge in [-0.25, -0.2) is 36.7 Å². The molecular weight excluding hydrogens is 460 g/mol. The number of nitrogens with zero attached hydrogens (tertiary/aromatic N) is 4. The molecule has 2 aliphatic heterocycles. The molecule has 2 aromatic rings. The molecule has 2 aliphatic rings. The van der Waals surface area contributed by atoms with Gasteiger partial charge in [-0.15, -0.1) is 5.11 Å². The van der Waals surface area contributed by atoms with E-state index in [9.17, 15) is 21.9 Å². The van der Waals surface area contributed by atoms with Crippen molar-refractivity contribution in [3.63, 3.8) is 0 Å². The van der Waals surface area contributed by atoms with Gasteiger partial charge < -0.3 is 16.2 Å². The Labute approximate surface area is 183 Å². The lowest BCUT2D eigenvalue weighted by Crippen LogP contribution is -2.64. The largest absolute Gasteiger partial charge is 0.386 e. The van der Waals surface area contributed by atoms with E-state index in [4.69, 9.17) is 10.9 Å². The van der Waals surface area contributed by atoms with Crippen molar-refractivity contribution in [3.05, 3.63) is 36.0 Å². The fourth-order valence-electron chi connectivity index (χ4n) is 3.29. The molecule has 0 amide bonds. The number of hydrogen-bond acceptors (Lipinski definition) is 11. The van der Waals surface area contributed by atoms with Gasteiger partial charge in [-0.05, 0) is 23.8 Å². The van der Waals surface area contributed by atoms with Crippen molar-refractivity contribution in [2.75, 3.05) is 32.0 Å². The van der Waals surface area contributed by atoms with E-state index >= 15 is 0 Å². The number of nitrogen functional groups attached to an aromatic ring is 1. The Bertz CT molecular complexity index is 1330. The van der Waals surface area contributed by atoms with Gasteiger partial charge in [0.1, 0.15) is 21.2 Å². The number of sulfonamides is 2. The van der Waals surface area contributed by atoms with Gasteiger partial charge in [0.15, 0.2) is 12.5 Å². The van der Waals surface area contributed by atoms with E-state index in [1.807, 2.05) is 0 Å². The molecule has 1 saturated heterocycles. The molecule has 0 saturated carbocycles. The van der Waals surface area contributed by atoms with E-state index in [1.165, 1.54) is 18.3 Å². The minimum Gasteiger partial charge on any atom is -0.386 e. The maximum absolute atomic E-state index is 13.1. The van der Waals surface area contributed by atoms with Gasteiger partial charge in [-0.3, -0.25) is 0 Å². The number of β-amino-alcohol motifs (C(OH)–C–C–N with tert-alkyl or cyclic N) is 1. The van der Waals surface area contributed by atoms with Crippen LogP contribution in [0.2, 0.25) is 0 Å². The smallest absolute Gasteiger partial charge is 0.242 e. The summed E-state index contributed by atoms with van der Waals surface area (Å²) in [6.07, 6.45) is 1.40. The number of aromatic nitrogens is 1. The summed E-state index contributed by atoms with van der Waals surface area (Å²) in [5, 5.41) is 26.1. The number of nitrogens with one attached hydrogen (secondary N) is 2. The van der Waals surface area contributed by atoms with Crippen LogP contribution < -0.4 is 20.9 Å². The van der Waals surface area contributed by atoms with Crippen LogP contribution in [-0.2, 0) is 20.0 Å². The Morgan fingerprint density at radius 1 is 1.16 bits per heavy atom. The van der Waals surface area contributed by atoms with Crippen molar-refractivity contribution in [2.45, 2.75) is 15.4 Å². The van der Waals surface area contributed by atoms with Crippen LogP contribution >= 0.6 is 0 Å². The first-order chi connectivity index (χ1) is 15.0. The van der Waals surface area contributed by atoms with Gasteiger partial charge in [-0.2, -0.15) is 5.11 Å². The number of anilines is 1. The Morgan fingerprint density at radius 2 is 1.91 bits per heavy atom. The van der Waals surface area contributed by atoms with Gasteiger partial charge in [0.2, 0.25) is 20.0 Å². The number of amidine groups is 1. The summed E-state index contributed by atoms with van der Waals surface area (Å²) in [5.74, 6) is 0.159. The normalized spacial score (nSPS) is 17.8. The minimum atomic E-state index is -4.59. The van der Waals surface area contributed by atoms with Crippen molar-refractivity contribution in [3.8, 4) is 11.1 Å². The third-order valence-corrected chi connectivity index (χ3v) is 7.53. The third kappa shape index (κ3) is 4.25. The van der Waals surface area contributed by atoms with E-state index in [2.05, 4.69) is 30.2 Å². The number of rotatable bonds is 7. The SMILES string of the molecule is Nc1ccc(-c2ccc(S(=O)(=O)NCC3(O)CNC3)c(S(N)(=O)=O)c2C2=NCN=N2)cn1. The molecule has 7 N–H and O–H groups in total. The van der Waals surface area contributed by atoms with E-state index in [0.717, 1.165) is 6.07 Å². The topological polar surface area (TPSA) is 215 Å². The summed E-state index contributed by atoms with van der Waals surface area (Å²) in [7, 11) is -8.99. The average molecular weight is 481 g/mol. The molecule has 0 atom stereocenters. The summed E-state index contributed by atoms with van der Waals surface area (Å²) in [6, 6.07) is 5.62. The predicted octanol–water partition coefficient (Wildman–Crippen LogP) is -1.24. The summed E-state index contributed by atoms with van der Waals surface area (Å²) < 4.78 is 53.7. The van der Waals surface area contributed by atoms with Gasteiger partial charge in [0.25, 0.3) is 0 Å². The maximum Gasteiger partial charge on any atom is 0.242 e. The molecule has 0 aliphatic carbocycles. The van der Waals surface area contributed by atoms with Crippen molar-refractivity contribution in [1.29, 1.82) is 0 Å². The third-order valence-electron chi connectivity index (χ3n) is 4.97. The quantitative estimate of drug-likeness (QED) is 0.322. The molecule has 0 bridgehead atoms. The van der Waals surface area contributed by atoms with Gasteiger partial charge in [0.05, 0.1) is 5.56 Å². The zero-order valence-electron chi connectivity index (χ0n) is 16.6. The Hall–Kier alpha value is -2.82. The molecule has 1 aromatic heterocycles. The fraction of sp³-hybridized carbons (Fsp3) is 0.294. The van der Waals surface area contributed by atoms with Crippen LogP contribution in [0.3, 0.4) is 0 Å². The highest BCUT2D eigenvalue weighted by molar-refractivity contribution is 7.92. The van der Waals surface area contributed by atoms with Crippen molar-refractivity contribution in [2.24, 2.45) is 20.4 Å². The number of aliphatic imine (C=N–C) groups is 1. The lowest BCUT2D eigenvalue weighted by molar-refractivity contribution is -0.00397. The summed E-state index contributed by atoms with van der Waals surface area (Å²) in [5.41, 5.74) is 4.97. The second-order valence-corrected chi connectivity index (χ2v) is 10.6. The highest BCUT2D eigenvalue weighted by atomic mass is 32.2. The zero-order chi connectivity index (χ0) is 23.1. The number of benzene rings is 1. The van der Waals surface area contributed by atoms with Crippen LogP contribution in [0.1, 0.15) is 5.56 Å². The van der Waals surface area contributed by atoms with E-state index in [1.54, 1.807) is 6.07 Å². The summed E-state index contributed by atoms with van der Waals surface area (Å²) in [6.45, 7) is 0.0340. The molecule has 0 radical (unpaired) electrons. The van der Waals surface area contributed by atoms with Crippen molar-refractivity contribution >= 4 is 31.7 Å². The van der Waals surface area contributed by atoms with E-state index < -0.39 is 35.4 Å². The number of pyridine rings is 1. The maximum atomic E-state index is 13.1. The second kappa shape index (κ2) is 7.95. The Kier molecular flexibility index (Phi) is 5.56. The van der Waals surface area contributed by atoms with Gasteiger partial charge in [0, 0.05) is 31.4 Å². The van der Waals surface area contributed by atoms with Gasteiger partial charge in [-0.1, -0.05) is 6.07 Å². The first kappa shape index (κ1) is 22.4. The van der Waals surface area contributed by atoms with Crippen LogP contribution in [0.25, 0.3) is 11.1 Å². The molecule has 15 heteroatoms. The number of hydrogen-bond donors (Lipinski definition) is 5. The molecule has 0 spiro atoms. The standard InChI is InChI=1S/C17H20N8O5S2/c18-13-4-1-10(5-21-13)11-2-3-12(32(29,30)24-8-17(26)6-20-7-17)15(31(19,27)28)14(11)16-22-9-23-25-16/h1-5,20,24,26H,6-9H2,(H2,18,21)(H2,19,27,28). The lowest BCUT2D eigenvalue weighted by atomic mass is 9.98. The fourth-order valence-corrected chi connectivity index (χ4v) is 6.01. The zero-order valence-corrected chi connectivity index (χ0v) is 18.2. The summed E-state index contributed by atoms with van der Waals surface area (Å²) in [4.78, 5) is 6.79. The minimum absolute atomic E-state index is 0.0475. The Balaban J connectivity index is 1.93. The first-order valence-electron chi connectivity index (χ1n) is 9.27. The second-order valence-electron chi connectivity index (χ2n) is 7.35. The number of azo groups is 1. The highest BCUT2D eigenvalue weighted by Crippen LogP contribution is 2.35.